The molecule has 0 saturated carbocycles. The van der Waals surface area contributed by atoms with E-state index in [1.54, 1.807) is 33.7 Å². The Kier molecular flexibility index (Phi) is 4.29. The number of hydrogen-bond donors (Lipinski definition) is 0. The van der Waals surface area contributed by atoms with Gasteiger partial charge in [-0.25, -0.2) is 4.98 Å². The zero-order valence-electron chi connectivity index (χ0n) is 13.3. The van der Waals surface area contributed by atoms with Crippen molar-refractivity contribution in [2.45, 2.75) is 36.7 Å². The van der Waals surface area contributed by atoms with Gasteiger partial charge in [-0.3, -0.25) is 9.36 Å². The summed E-state index contributed by atoms with van der Waals surface area (Å²) in [6.07, 6.45) is 5.02. The monoisotopic (exact) mass is 354 g/mol. The maximum absolute atomic E-state index is 13.0. The highest BCUT2D eigenvalue weighted by molar-refractivity contribution is 7.98. The Labute approximate surface area is 149 Å². The van der Waals surface area contributed by atoms with Crippen LogP contribution in [0.25, 0.3) is 10.2 Å². The fraction of sp³-hybridized carbons (Fsp3) is 0.263. The minimum absolute atomic E-state index is 0.0925. The van der Waals surface area contributed by atoms with Gasteiger partial charge in [0, 0.05) is 17.2 Å². The normalized spacial score (nSPS) is 13.3. The molecule has 5 heteroatoms. The second kappa shape index (κ2) is 6.57. The first-order valence-corrected chi connectivity index (χ1v) is 9.91. The predicted octanol–water partition coefficient (Wildman–Crippen LogP) is 4.43. The molecule has 2 heterocycles. The average Bonchev–Trinajstić information content (AvgIpc) is 3.17. The molecule has 0 aliphatic heterocycles. The highest BCUT2D eigenvalue weighted by Gasteiger charge is 2.23. The average molecular weight is 355 g/mol. The minimum Gasteiger partial charge on any atom is -0.283 e. The maximum atomic E-state index is 13.0. The Hall–Kier alpha value is -1.85. The smallest absolute Gasteiger partial charge is 0.263 e. The quantitative estimate of drug-likeness (QED) is 0.386. The Balaban J connectivity index is 1.78. The SMILES string of the molecule is C=CCn1c(SCc2ccccc2)nc2sc3c(c2c1=O)CCC3. The molecule has 0 atom stereocenters. The van der Waals surface area contributed by atoms with Gasteiger partial charge >= 0.3 is 0 Å². The second-order valence-electron chi connectivity index (χ2n) is 5.91. The van der Waals surface area contributed by atoms with E-state index in [0.717, 1.165) is 40.4 Å². The lowest BCUT2D eigenvalue weighted by Crippen LogP contribution is -2.22. The number of thioether (sulfide) groups is 1. The summed E-state index contributed by atoms with van der Waals surface area (Å²) < 4.78 is 1.77. The summed E-state index contributed by atoms with van der Waals surface area (Å²) in [5, 5.41) is 1.63. The van der Waals surface area contributed by atoms with Crippen LogP contribution in [0.15, 0.2) is 52.9 Å². The van der Waals surface area contributed by atoms with Crippen molar-refractivity contribution >= 4 is 33.3 Å². The van der Waals surface area contributed by atoms with Crippen molar-refractivity contribution in [2.24, 2.45) is 0 Å². The van der Waals surface area contributed by atoms with Crippen LogP contribution in [0, 0.1) is 0 Å². The van der Waals surface area contributed by atoms with Gasteiger partial charge in [0.2, 0.25) is 0 Å². The predicted molar refractivity (Wildman–Crippen MR) is 102 cm³/mol. The van der Waals surface area contributed by atoms with Crippen LogP contribution < -0.4 is 5.56 Å². The van der Waals surface area contributed by atoms with Crippen LogP contribution in [0.1, 0.15) is 22.4 Å². The topological polar surface area (TPSA) is 34.9 Å². The van der Waals surface area contributed by atoms with Crippen LogP contribution in [0.5, 0.6) is 0 Å². The van der Waals surface area contributed by atoms with E-state index in [4.69, 9.17) is 4.98 Å². The lowest BCUT2D eigenvalue weighted by Gasteiger charge is -2.10. The van der Waals surface area contributed by atoms with Crippen LogP contribution in [-0.4, -0.2) is 9.55 Å². The number of allylic oxidation sites excluding steroid dienone is 1. The molecule has 1 aromatic carbocycles. The summed E-state index contributed by atoms with van der Waals surface area (Å²) in [5.74, 6) is 0.807. The number of hydrogen-bond acceptors (Lipinski definition) is 4. The number of thiophene rings is 1. The van der Waals surface area contributed by atoms with E-state index in [0.29, 0.717) is 6.54 Å². The van der Waals surface area contributed by atoms with Gasteiger partial charge < -0.3 is 0 Å². The van der Waals surface area contributed by atoms with Gasteiger partial charge in [-0.1, -0.05) is 48.2 Å². The lowest BCUT2D eigenvalue weighted by atomic mass is 10.2. The summed E-state index contributed by atoms with van der Waals surface area (Å²) in [7, 11) is 0. The molecule has 24 heavy (non-hydrogen) atoms. The molecule has 3 aromatic rings. The molecule has 3 nitrogen and oxygen atoms in total. The van der Waals surface area contributed by atoms with E-state index < -0.39 is 0 Å². The van der Waals surface area contributed by atoms with Crippen LogP contribution in [0.3, 0.4) is 0 Å². The largest absolute Gasteiger partial charge is 0.283 e. The zero-order valence-corrected chi connectivity index (χ0v) is 15.0. The summed E-state index contributed by atoms with van der Waals surface area (Å²) in [6, 6.07) is 10.3. The standard InChI is InChI=1S/C19H18N2OS2/c1-2-11-21-18(22)16-14-9-6-10-15(14)24-17(16)20-19(21)23-12-13-7-4-3-5-8-13/h2-5,7-8H,1,6,9-12H2. The van der Waals surface area contributed by atoms with E-state index in [1.807, 2.05) is 18.2 Å². The molecule has 0 radical (unpaired) electrons. The van der Waals surface area contributed by atoms with Gasteiger partial charge in [-0.15, -0.1) is 17.9 Å². The third-order valence-electron chi connectivity index (χ3n) is 4.31. The van der Waals surface area contributed by atoms with Crippen LogP contribution in [0.2, 0.25) is 0 Å². The molecule has 2 aromatic heterocycles. The Morgan fingerprint density at radius 3 is 2.92 bits per heavy atom. The zero-order chi connectivity index (χ0) is 16.5. The molecular weight excluding hydrogens is 336 g/mol. The molecule has 0 N–H and O–H groups in total. The second-order valence-corrected chi connectivity index (χ2v) is 7.94. The Bertz CT molecular complexity index is 957. The maximum Gasteiger partial charge on any atom is 0.263 e. The van der Waals surface area contributed by atoms with Crippen molar-refractivity contribution in [3.63, 3.8) is 0 Å². The molecule has 122 valence electrons. The number of fused-ring (bicyclic) bond motifs is 3. The van der Waals surface area contributed by atoms with Crippen molar-refractivity contribution in [1.82, 2.24) is 9.55 Å². The van der Waals surface area contributed by atoms with Gasteiger partial charge in [0.25, 0.3) is 5.56 Å². The highest BCUT2D eigenvalue weighted by Crippen LogP contribution is 2.35. The summed E-state index contributed by atoms with van der Waals surface area (Å²) >= 11 is 3.32. The van der Waals surface area contributed by atoms with Gasteiger partial charge in [0.05, 0.1) is 5.39 Å². The van der Waals surface area contributed by atoms with Crippen molar-refractivity contribution in [2.75, 3.05) is 0 Å². The Morgan fingerprint density at radius 1 is 1.29 bits per heavy atom. The molecule has 4 rings (SSSR count). The third-order valence-corrected chi connectivity index (χ3v) is 6.55. The minimum atomic E-state index is 0.0925. The summed E-state index contributed by atoms with van der Waals surface area (Å²) in [4.78, 5) is 20.1. The first-order chi connectivity index (χ1) is 11.8. The van der Waals surface area contributed by atoms with Crippen molar-refractivity contribution in [3.05, 3.63) is 69.3 Å². The van der Waals surface area contributed by atoms with Gasteiger partial charge in [0.1, 0.15) is 4.83 Å². The van der Waals surface area contributed by atoms with Crippen LogP contribution in [-0.2, 0) is 25.1 Å². The summed E-state index contributed by atoms with van der Waals surface area (Å²) in [6.45, 7) is 4.31. The van der Waals surface area contributed by atoms with E-state index in [-0.39, 0.29) is 5.56 Å². The molecule has 0 bridgehead atoms. The first kappa shape index (κ1) is 15.7. The number of aromatic nitrogens is 2. The van der Waals surface area contributed by atoms with Gasteiger partial charge in [-0.2, -0.15) is 0 Å². The molecule has 1 aliphatic carbocycles. The number of nitrogens with zero attached hydrogens (tertiary/aromatic N) is 2. The molecule has 0 fully saturated rings. The third kappa shape index (κ3) is 2.72. The van der Waals surface area contributed by atoms with Gasteiger partial charge in [-0.05, 0) is 30.4 Å². The van der Waals surface area contributed by atoms with E-state index in [1.165, 1.54) is 16.0 Å². The molecule has 0 unspecified atom stereocenters. The molecule has 0 amide bonds. The van der Waals surface area contributed by atoms with E-state index in [2.05, 4.69) is 18.7 Å². The lowest BCUT2D eigenvalue weighted by molar-refractivity contribution is 0.672. The Morgan fingerprint density at radius 2 is 2.12 bits per heavy atom. The molecular formula is C19H18N2OS2. The van der Waals surface area contributed by atoms with Crippen molar-refractivity contribution in [1.29, 1.82) is 0 Å². The number of rotatable bonds is 5. The fourth-order valence-corrected chi connectivity index (χ4v) is 5.45. The van der Waals surface area contributed by atoms with E-state index >= 15 is 0 Å². The van der Waals surface area contributed by atoms with Crippen LogP contribution >= 0.6 is 23.1 Å². The molecule has 0 spiro atoms. The molecule has 0 saturated heterocycles. The first-order valence-electron chi connectivity index (χ1n) is 8.10. The number of aryl methyl sites for hydroxylation is 2. The van der Waals surface area contributed by atoms with Gasteiger partial charge in [0.15, 0.2) is 5.16 Å². The van der Waals surface area contributed by atoms with E-state index in [9.17, 15) is 4.79 Å². The highest BCUT2D eigenvalue weighted by atomic mass is 32.2. The molecule has 1 aliphatic rings. The summed E-state index contributed by atoms with van der Waals surface area (Å²) in [5.41, 5.74) is 2.57. The van der Waals surface area contributed by atoms with Crippen molar-refractivity contribution in [3.8, 4) is 0 Å². The fourth-order valence-electron chi connectivity index (χ4n) is 3.18. The van der Waals surface area contributed by atoms with Crippen LogP contribution in [0.4, 0.5) is 0 Å². The van der Waals surface area contributed by atoms with Crippen molar-refractivity contribution < 1.29 is 0 Å². The number of benzene rings is 1.